The summed E-state index contributed by atoms with van der Waals surface area (Å²) in [5, 5.41) is 9.06. The lowest BCUT2D eigenvalue weighted by molar-refractivity contribution is 0.0687. The number of likely N-dealkylation sites (N-methyl/N-ethyl adjacent to an activating group) is 1. The first-order valence-electron chi connectivity index (χ1n) is 5.30. The topological polar surface area (TPSA) is 62.7 Å². The highest BCUT2D eigenvalue weighted by Gasteiger charge is 2.23. The molecule has 0 spiro atoms. The molecule has 1 aliphatic rings. The van der Waals surface area contributed by atoms with Crippen molar-refractivity contribution in [3.05, 3.63) is 22.3 Å². The number of nitrogens with zero attached hydrogens (tertiary/aromatic N) is 2. The van der Waals surface area contributed by atoms with Crippen molar-refractivity contribution in [2.24, 2.45) is 0 Å². The number of carboxylic acid groups (broad SMARTS) is 1. The lowest BCUT2D eigenvalue weighted by Crippen LogP contribution is -2.22. The molecule has 1 aromatic rings. The van der Waals surface area contributed by atoms with Gasteiger partial charge in [-0.3, -0.25) is 0 Å². The van der Waals surface area contributed by atoms with Gasteiger partial charge in [0.2, 0.25) is 5.88 Å². The maximum atomic E-state index is 11.1. The highest BCUT2D eigenvalue weighted by molar-refractivity contribution is 9.10. The average molecular weight is 301 g/mol. The van der Waals surface area contributed by atoms with Gasteiger partial charge in [0.1, 0.15) is 11.7 Å². The Morgan fingerprint density at radius 1 is 1.71 bits per heavy atom. The van der Waals surface area contributed by atoms with Gasteiger partial charge in [0, 0.05) is 23.8 Å². The predicted molar refractivity (Wildman–Crippen MR) is 65.4 cm³/mol. The third-order valence-electron chi connectivity index (χ3n) is 2.67. The van der Waals surface area contributed by atoms with E-state index in [9.17, 15) is 4.79 Å². The van der Waals surface area contributed by atoms with Crippen molar-refractivity contribution in [3.8, 4) is 5.88 Å². The van der Waals surface area contributed by atoms with Crippen LogP contribution in [0.2, 0.25) is 0 Å². The van der Waals surface area contributed by atoms with Gasteiger partial charge < -0.3 is 14.7 Å². The first-order chi connectivity index (χ1) is 8.06. The number of carbonyl (C=O) groups is 1. The fourth-order valence-electron chi connectivity index (χ4n) is 1.82. The summed E-state index contributed by atoms with van der Waals surface area (Å²) >= 11 is 3.20. The molecule has 0 aromatic carbocycles. The molecule has 0 saturated carbocycles. The lowest BCUT2D eigenvalue weighted by atomic mass is 10.2. The van der Waals surface area contributed by atoms with Crippen LogP contribution in [0.25, 0.3) is 0 Å². The molecule has 1 fully saturated rings. The summed E-state index contributed by atoms with van der Waals surface area (Å²) in [5.74, 6) is -0.832. The van der Waals surface area contributed by atoms with E-state index in [1.54, 1.807) is 6.20 Å². The van der Waals surface area contributed by atoms with E-state index in [1.807, 2.05) is 7.05 Å². The average Bonchev–Trinajstić information content (AvgIpc) is 2.66. The number of aromatic carboxylic acids is 1. The zero-order valence-electron chi connectivity index (χ0n) is 9.39. The van der Waals surface area contributed by atoms with E-state index < -0.39 is 5.97 Å². The van der Waals surface area contributed by atoms with E-state index >= 15 is 0 Å². The van der Waals surface area contributed by atoms with Gasteiger partial charge >= 0.3 is 5.97 Å². The molecule has 92 valence electrons. The van der Waals surface area contributed by atoms with Crippen LogP contribution in [-0.4, -0.2) is 47.2 Å². The van der Waals surface area contributed by atoms with E-state index in [0.717, 1.165) is 19.5 Å². The Bertz CT molecular complexity index is 439. The van der Waals surface area contributed by atoms with Crippen LogP contribution in [-0.2, 0) is 0 Å². The summed E-state index contributed by atoms with van der Waals surface area (Å²) in [6.45, 7) is 1.76. The minimum absolute atomic E-state index is 0.0202. The summed E-state index contributed by atoms with van der Waals surface area (Å²) in [5.41, 5.74) is 0.0916. The van der Waals surface area contributed by atoms with Crippen LogP contribution in [0, 0.1) is 0 Å². The minimum Gasteiger partial charge on any atom is -0.477 e. The zero-order valence-corrected chi connectivity index (χ0v) is 11.0. The second-order valence-corrected chi connectivity index (χ2v) is 5.02. The molecule has 1 atom stereocenters. The second kappa shape index (κ2) is 5.01. The van der Waals surface area contributed by atoms with Crippen LogP contribution in [0.4, 0.5) is 0 Å². The highest BCUT2D eigenvalue weighted by Crippen LogP contribution is 2.23. The van der Waals surface area contributed by atoms with E-state index in [2.05, 4.69) is 25.8 Å². The smallest absolute Gasteiger partial charge is 0.341 e. The molecule has 1 aliphatic heterocycles. The van der Waals surface area contributed by atoms with Crippen molar-refractivity contribution in [1.29, 1.82) is 0 Å². The standard InChI is InChI=1S/C11H13BrN2O3/c1-14-3-2-8(6-14)17-10-9(11(15)16)4-7(12)5-13-10/h4-5,8H,2-3,6H2,1H3,(H,15,16). The van der Waals surface area contributed by atoms with Crippen LogP contribution in [0.1, 0.15) is 16.8 Å². The zero-order chi connectivity index (χ0) is 12.4. The fourth-order valence-corrected chi connectivity index (χ4v) is 2.15. The molecule has 1 saturated heterocycles. The third kappa shape index (κ3) is 2.95. The van der Waals surface area contributed by atoms with Crippen molar-refractivity contribution in [2.75, 3.05) is 20.1 Å². The molecule has 0 aliphatic carbocycles. The molecule has 2 heterocycles. The summed E-state index contributed by atoms with van der Waals surface area (Å²) in [6.07, 6.45) is 2.46. The molecule has 5 nitrogen and oxygen atoms in total. The number of rotatable bonds is 3. The molecule has 1 unspecified atom stereocenters. The number of likely N-dealkylation sites (tertiary alicyclic amines) is 1. The van der Waals surface area contributed by atoms with Crippen LogP contribution in [0.5, 0.6) is 5.88 Å². The predicted octanol–water partition coefficient (Wildman–Crippen LogP) is 1.63. The number of hydrogen-bond acceptors (Lipinski definition) is 4. The van der Waals surface area contributed by atoms with Crippen molar-refractivity contribution in [3.63, 3.8) is 0 Å². The van der Waals surface area contributed by atoms with E-state index in [4.69, 9.17) is 9.84 Å². The van der Waals surface area contributed by atoms with Crippen molar-refractivity contribution in [1.82, 2.24) is 9.88 Å². The van der Waals surface area contributed by atoms with Crippen LogP contribution in [0.3, 0.4) is 0 Å². The van der Waals surface area contributed by atoms with Crippen LogP contribution >= 0.6 is 15.9 Å². The second-order valence-electron chi connectivity index (χ2n) is 4.10. The molecule has 0 radical (unpaired) electrons. The van der Waals surface area contributed by atoms with Crippen LogP contribution in [0.15, 0.2) is 16.7 Å². The van der Waals surface area contributed by atoms with Crippen molar-refractivity contribution >= 4 is 21.9 Å². The van der Waals surface area contributed by atoms with Gasteiger partial charge in [0.05, 0.1) is 0 Å². The molecule has 0 amide bonds. The first kappa shape index (κ1) is 12.3. The minimum atomic E-state index is -1.03. The number of ether oxygens (including phenoxy) is 1. The third-order valence-corrected chi connectivity index (χ3v) is 3.11. The van der Waals surface area contributed by atoms with Gasteiger partial charge in [-0.15, -0.1) is 0 Å². The number of hydrogen-bond donors (Lipinski definition) is 1. The first-order valence-corrected chi connectivity index (χ1v) is 6.09. The van der Waals surface area contributed by atoms with Crippen molar-refractivity contribution < 1.29 is 14.6 Å². The Morgan fingerprint density at radius 3 is 3.06 bits per heavy atom. The molecule has 1 N–H and O–H groups in total. The van der Waals surface area contributed by atoms with E-state index in [1.165, 1.54) is 6.07 Å². The summed E-state index contributed by atoms with van der Waals surface area (Å²) in [6, 6.07) is 1.50. The van der Waals surface area contributed by atoms with Gasteiger partial charge in [-0.1, -0.05) is 0 Å². The Morgan fingerprint density at radius 2 is 2.47 bits per heavy atom. The summed E-state index contributed by atoms with van der Waals surface area (Å²) in [4.78, 5) is 17.2. The molecule has 2 rings (SSSR count). The summed E-state index contributed by atoms with van der Waals surface area (Å²) in [7, 11) is 2.01. The van der Waals surface area contributed by atoms with E-state index in [-0.39, 0.29) is 17.5 Å². The normalized spacial score (nSPS) is 20.5. The maximum absolute atomic E-state index is 11.1. The monoisotopic (exact) mass is 300 g/mol. The molecule has 1 aromatic heterocycles. The lowest BCUT2D eigenvalue weighted by Gasteiger charge is -2.14. The molecular weight excluding hydrogens is 288 g/mol. The Balaban J connectivity index is 2.17. The SMILES string of the molecule is CN1CCC(Oc2ncc(Br)cc2C(=O)O)C1. The van der Waals surface area contributed by atoms with Crippen molar-refractivity contribution in [2.45, 2.75) is 12.5 Å². The Labute approximate surface area is 108 Å². The quantitative estimate of drug-likeness (QED) is 0.919. The van der Waals surface area contributed by atoms with Crippen LogP contribution < -0.4 is 4.74 Å². The molecule has 6 heteroatoms. The van der Waals surface area contributed by atoms with Gasteiger partial charge in [0.25, 0.3) is 0 Å². The summed E-state index contributed by atoms with van der Waals surface area (Å²) < 4.78 is 6.27. The van der Waals surface area contributed by atoms with Gasteiger partial charge in [-0.25, -0.2) is 9.78 Å². The highest BCUT2D eigenvalue weighted by atomic mass is 79.9. The van der Waals surface area contributed by atoms with Gasteiger partial charge in [-0.05, 0) is 35.5 Å². The number of pyridine rings is 1. The fraction of sp³-hybridized carbons (Fsp3) is 0.455. The largest absolute Gasteiger partial charge is 0.477 e. The Hall–Kier alpha value is -1.14. The number of aromatic nitrogens is 1. The maximum Gasteiger partial charge on any atom is 0.341 e. The van der Waals surface area contributed by atoms with Gasteiger partial charge in [-0.2, -0.15) is 0 Å². The number of halogens is 1. The molecular formula is C11H13BrN2O3. The number of carboxylic acids is 1. The molecule has 17 heavy (non-hydrogen) atoms. The Kier molecular flexibility index (Phi) is 3.63. The van der Waals surface area contributed by atoms with Gasteiger partial charge in [0.15, 0.2) is 0 Å². The molecule has 0 bridgehead atoms. The van der Waals surface area contributed by atoms with E-state index in [0.29, 0.717) is 4.47 Å².